The maximum absolute atomic E-state index is 12.0. The highest BCUT2D eigenvalue weighted by Crippen LogP contribution is 2.22. The van der Waals surface area contributed by atoms with Crippen LogP contribution in [0.4, 0.5) is 11.4 Å². The summed E-state index contributed by atoms with van der Waals surface area (Å²) in [6.07, 6.45) is 0.0858. The number of amides is 2. The third-order valence-electron chi connectivity index (χ3n) is 3.63. The average molecular weight is 381 g/mol. The van der Waals surface area contributed by atoms with Crippen LogP contribution in [0.2, 0.25) is 0 Å². The molecule has 0 atom stereocenters. The number of hydrogen-bond donors (Lipinski definition) is 0. The SMILES string of the molecule is C/N=N/Oc1ccc(N=Nc2ccc(C(=O)ON3C(=O)CCC3=O)cc2)cc1. The fraction of sp³-hybridized carbons (Fsp3) is 0.167. The van der Waals surface area contributed by atoms with Crippen molar-refractivity contribution in [2.75, 3.05) is 7.05 Å². The summed E-state index contributed by atoms with van der Waals surface area (Å²) in [5.41, 5.74) is 1.28. The van der Waals surface area contributed by atoms with Gasteiger partial charge < -0.3 is 9.68 Å². The molecule has 1 aliphatic rings. The predicted molar refractivity (Wildman–Crippen MR) is 95.0 cm³/mol. The zero-order valence-corrected chi connectivity index (χ0v) is 14.8. The van der Waals surface area contributed by atoms with Crippen molar-refractivity contribution in [3.05, 3.63) is 54.1 Å². The number of nitrogens with zero attached hydrogens (tertiary/aromatic N) is 5. The first-order chi connectivity index (χ1) is 13.6. The van der Waals surface area contributed by atoms with Gasteiger partial charge >= 0.3 is 5.97 Å². The van der Waals surface area contributed by atoms with Gasteiger partial charge in [-0.2, -0.15) is 15.3 Å². The van der Waals surface area contributed by atoms with E-state index in [4.69, 9.17) is 9.68 Å². The Morgan fingerprint density at radius 1 is 0.893 bits per heavy atom. The second kappa shape index (κ2) is 8.62. The summed E-state index contributed by atoms with van der Waals surface area (Å²) in [5.74, 6) is -1.34. The number of benzene rings is 2. The van der Waals surface area contributed by atoms with Gasteiger partial charge in [0.05, 0.1) is 24.0 Å². The van der Waals surface area contributed by atoms with E-state index in [2.05, 4.69) is 20.6 Å². The molecule has 0 spiro atoms. The maximum Gasteiger partial charge on any atom is 0.363 e. The van der Waals surface area contributed by atoms with Crippen molar-refractivity contribution in [3.8, 4) is 5.75 Å². The molecule has 0 radical (unpaired) electrons. The molecule has 142 valence electrons. The molecule has 28 heavy (non-hydrogen) atoms. The van der Waals surface area contributed by atoms with Gasteiger partial charge in [-0.1, -0.05) is 0 Å². The first-order valence-electron chi connectivity index (χ1n) is 8.23. The molecule has 0 N–H and O–H groups in total. The summed E-state index contributed by atoms with van der Waals surface area (Å²) in [7, 11) is 1.50. The van der Waals surface area contributed by atoms with Crippen LogP contribution in [0.15, 0.2) is 69.2 Å². The van der Waals surface area contributed by atoms with Gasteiger partial charge in [0.1, 0.15) is 0 Å². The van der Waals surface area contributed by atoms with E-state index in [0.29, 0.717) is 22.2 Å². The number of carbonyl (C=O) groups is 3. The molecule has 3 rings (SSSR count). The van der Waals surface area contributed by atoms with E-state index in [9.17, 15) is 14.4 Å². The lowest BCUT2D eigenvalue weighted by Crippen LogP contribution is -2.32. The summed E-state index contributed by atoms with van der Waals surface area (Å²) in [4.78, 5) is 44.8. The van der Waals surface area contributed by atoms with Crippen LogP contribution in [0.5, 0.6) is 5.75 Å². The van der Waals surface area contributed by atoms with E-state index in [-0.39, 0.29) is 18.4 Å². The summed E-state index contributed by atoms with van der Waals surface area (Å²) in [6, 6.07) is 12.8. The molecule has 1 saturated heterocycles. The minimum Gasteiger partial charge on any atom is -0.340 e. The van der Waals surface area contributed by atoms with Crippen molar-refractivity contribution in [2.24, 2.45) is 20.6 Å². The van der Waals surface area contributed by atoms with Crippen LogP contribution in [-0.4, -0.2) is 29.9 Å². The highest BCUT2D eigenvalue weighted by atomic mass is 16.7. The van der Waals surface area contributed by atoms with Gasteiger partial charge in [0.25, 0.3) is 11.8 Å². The number of hydrogen-bond acceptors (Lipinski definition) is 9. The standard InChI is InChI=1S/C18H15N5O5/c1-19-22-27-15-8-6-14(7-9-15)21-20-13-4-2-12(3-5-13)18(26)28-23-16(24)10-11-17(23)25/h2-9H,10-11H2,1H3/b21-20?,22-19+. The molecule has 10 heteroatoms. The predicted octanol–water partition coefficient (Wildman–Crippen LogP) is 3.70. The fourth-order valence-electron chi connectivity index (χ4n) is 2.23. The lowest BCUT2D eigenvalue weighted by Gasteiger charge is -2.12. The van der Waals surface area contributed by atoms with Crippen LogP contribution < -0.4 is 4.84 Å². The molecule has 2 amide bonds. The summed E-state index contributed by atoms with van der Waals surface area (Å²) in [6.45, 7) is 0. The Balaban J connectivity index is 1.60. The van der Waals surface area contributed by atoms with Gasteiger partial charge in [0.2, 0.25) is 0 Å². The second-order valence-corrected chi connectivity index (χ2v) is 5.57. The first-order valence-corrected chi connectivity index (χ1v) is 8.23. The average Bonchev–Trinajstić information content (AvgIpc) is 3.04. The Bertz CT molecular complexity index is 922. The molecule has 2 aromatic rings. The number of imide groups is 1. The Hall–Kier alpha value is -3.95. The van der Waals surface area contributed by atoms with E-state index in [0.717, 1.165) is 0 Å². The van der Waals surface area contributed by atoms with Crippen molar-refractivity contribution >= 4 is 29.2 Å². The molecule has 2 aromatic carbocycles. The van der Waals surface area contributed by atoms with Crippen LogP contribution in [-0.2, 0) is 14.4 Å². The number of azo groups is 1. The zero-order valence-electron chi connectivity index (χ0n) is 14.8. The van der Waals surface area contributed by atoms with Crippen molar-refractivity contribution in [1.82, 2.24) is 5.06 Å². The first kappa shape index (κ1) is 18.8. The third kappa shape index (κ3) is 4.61. The minimum atomic E-state index is -0.799. The van der Waals surface area contributed by atoms with Crippen LogP contribution in [0.25, 0.3) is 0 Å². The lowest BCUT2D eigenvalue weighted by atomic mass is 10.2. The lowest BCUT2D eigenvalue weighted by molar-refractivity contribution is -0.172. The number of carbonyl (C=O) groups excluding carboxylic acids is 3. The van der Waals surface area contributed by atoms with Crippen LogP contribution in [0.1, 0.15) is 23.2 Å². The quantitative estimate of drug-likeness (QED) is 0.429. The minimum absolute atomic E-state index is 0.0429. The van der Waals surface area contributed by atoms with Gasteiger partial charge in [-0.05, 0) is 48.5 Å². The van der Waals surface area contributed by atoms with Crippen molar-refractivity contribution in [1.29, 1.82) is 0 Å². The van der Waals surface area contributed by atoms with Crippen molar-refractivity contribution < 1.29 is 24.1 Å². The van der Waals surface area contributed by atoms with E-state index in [1.165, 1.54) is 19.2 Å². The maximum atomic E-state index is 12.0. The molecule has 0 aliphatic carbocycles. The molecular weight excluding hydrogens is 366 g/mol. The summed E-state index contributed by atoms with van der Waals surface area (Å²) in [5, 5.41) is 15.5. The van der Waals surface area contributed by atoms with E-state index < -0.39 is 17.8 Å². The largest absolute Gasteiger partial charge is 0.363 e. The van der Waals surface area contributed by atoms with Gasteiger partial charge in [0.15, 0.2) is 5.75 Å². The van der Waals surface area contributed by atoms with Gasteiger partial charge in [0, 0.05) is 18.1 Å². The third-order valence-corrected chi connectivity index (χ3v) is 3.63. The van der Waals surface area contributed by atoms with E-state index >= 15 is 0 Å². The molecule has 1 aliphatic heterocycles. The summed E-state index contributed by atoms with van der Waals surface area (Å²) >= 11 is 0. The Labute approximate surface area is 159 Å². The smallest absolute Gasteiger partial charge is 0.340 e. The van der Waals surface area contributed by atoms with Gasteiger partial charge in [-0.3, -0.25) is 9.59 Å². The van der Waals surface area contributed by atoms with Crippen LogP contribution in [0, 0.1) is 0 Å². The fourth-order valence-corrected chi connectivity index (χ4v) is 2.23. The number of rotatable bonds is 6. The molecule has 1 fully saturated rings. The Morgan fingerprint density at radius 2 is 1.43 bits per heavy atom. The highest BCUT2D eigenvalue weighted by Gasteiger charge is 2.33. The Morgan fingerprint density at radius 3 is 1.96 bits per heavy atom. The summed E-state index contributed by atoms with van der Waals surface area (Å²) < 4.78 is 0. The van der Waals surface area contributed by atoms with Crippen molar-refractivity contribution in [3.63, 3.8) is 0 Å². The molecule has 0 aromatic heterocycles. The molecule has 0 bridgehead atoms. The normalized spacial score (nSPS) is 14.2. The van der Waals surface area contributed by atoms with Crippen LogP contribution >= 0.6 is 0 Å². The van der Waals surface area contributed by atoms with E-state index in [1.54, 1.807) is 36.4 Å². The number of hydroxylamine groups is 2. The zero-order chi connectivity index (χ0) is 19.9. The van der Waals surface area contributed by atoms with Crippen molar-refractivity contribution in [2.45, 2.75) is 12.8 Å². The molecular formula is C18H15N5O5. The van der Waals surface area contributed by atoms with Gasteiger partial charge in [-0.15, -0.1) is 5.06 Å². The Kier molecular flexibility index (Phi) is 5.80. The highest BCUT2D eigenvalue weighted by molar-refractivity contribution is 6.02. The molecule has 1 heterocycles. The second-order valence-electron chi connectivity index (χ2n) is 5.57. The van der Waals surface area contributed by atoms with Crippen LogP contribution in [0.3, 0.4) is 0 Å². The molecule has 0 unspecified atom stereocenters. The van der Waals surface area contributed by atoms with E-state index in [1.807, 2.05) is 0 Å². The monoisotopic (exact) mass is 381 g/mol. The topological polar surface area (TPSA) is 122 Å². The molecule has 0 saturated carbocycles. The molecule has 10 nitrogen and oxygen atoms in total. The van der Waals surface area contributed by atoms with Gasteiger partial charge in [-0.25, -0.2) is 4.79 Å².